The number of nitrogens with zero attached hydrogens (tertiary/aromatic N) is 1. The maximum atomic E-state index is 12.2. The molecule has 0 aliphatic carbocycles. The third-order valence-electron chi connectivity index (χ3n) is 2.39. The van der Waals surface area contributed by atoms with E-state index >= 15 is 0 Å². The monoisotopic (exact) mass is 247 g/mol. The third kappa shape index (κ3) is 3.87. The molecule has 0 aromatic heterocycles. The Labute approximate surface area is 92.0 Å². The van der Waals surface area contributed by atoms with Crippen LogP contribution < -0.4 is 0 Å². The van der Waals surface area contributed by atoms with E-state index in [-0.39, 0.29) is 44.3 Å². The maximum absolute atomic E-state index is 12.2. The molecule has 1 aliphatic heterocycles. The number of halogens is 4. The standard InChI is InChI=1S/C8H12F3NO2.ClH/c1-14-7(13)6-2-4-12(5-3-6)8(9,10)11;/h6H,2-5H2,1H3;1H. The van der Waals surface area contributed by atoms with Crippen LogP contribution in [0.3, 0.4) is 0 Å². The molecule has 0 aromatic rings. The lowest BCUT2D eigenvalue weighted by molar-refractivity contribution is -0.251. The highest BCUT2D eigenvalue weighted by Gasteiger charge is 2.40. The Kier molecular flexibility index (Phi) is 5.37. The number of methoxy groups -OCH3 is 1. The average molecular weight is 248 g/mol. The summed E-state index contributed by atoms with van der Waals surface area (Å²) in [6.45, 7) is -0.244. The van der Waals surface area contributed by atoms with Gasteiger partial charge in [-0.15, -0.1) is 12.4 Å². The van der Waals surface area contributed by atoms with E-state index in [0.717, 1.165) is 0 Å². The van der Waals surface area contributed by atoms with Gasteiger partial charge >= 0.3 is 12.3 Å². The van der Waals surface area contributed by atoms with Gasteiger partial charge in [0.05, 0.1) is 13.0 Å². The zero-order valence-corrected chi connectivity index (χ0v) is 9.03. The molecule has 0 radical (unpaired) electrons. The van der Waals surface area contributed by atoms with Crippen molar-refractivity contribution in [1.29, 1.82) is 0 Å². The lowest BCUT2D eigenvalue weighted by Crippen LogP contribution is -2.44. The SMILES string of the molecule is COC(=O)C1CCN(C(F)(F)F)CC1.Cl. The van der Waals surface area contributed by atoms with Crippen molar-refractivity contribution >= 4 is 18.4 Å². The molecule has 0 unspecified atom stereocenters. The fourth-order valence-electron chi connectivity index (χ4n) is 1.54. The van der Waals surface area contributed by atoms with Crippen LogP contribution in [0, 0.1) is 5.92 Å². The molecule has 0 N–H and O–H groups in total. The van der Waals surface area contributed by atoms with Crippen LogP contribution in [0.2, 0.25) is 0 Å². The van der Waals surface area contributed by atoms with Crippen LogP contribution in [-0.4, -0.2) is 37.4 Å². The van der Waals surface area contributed by atoms with Gasteiger partial charge in [0.2, 0.25) is 0 Å². The molecule has 7 heteroatoms. The number of hydrogen-bond acceptors (Lipinski definition) is 3. The van der Waals surface area contributed by atoms with Crippen molar-refractivity contribution in [1.82, 2.24) is 4.90 Å². The molecule has 1 saturated heterocycles. The molecule has 1 fully saturated rings. The van der Waals surface area contributed by atoms with E-state index in [1.165, 1.54) is 7.11 Å². The molecule has 0 saturated carbocycles. The second-order valence-electron chi connectivity index (χ2n) is 3.25. The fraction of sp³-hybridized carbons (Fsp3) is 0.875. The Balaban J connectivity index is 0.00000196. The summed E-state index contributed by atoms with van der Waals surface area (Å²) in [5.41, 5.74) is 0. The van der Waals surface area contributed by atoms with Gasteiger partial charge in [0.15, 0.2) is 0 Å². The highest BCUT2D eigenvalue weighted by Crippen LogP contribution is 2.27. The zero-order valence-electron chi connectivity index (χ0n) is 8.21. The van der Waals surface area contributed by atoms with Crippen molar-refractivity contribution in [3.05, 3.63) is 0 Å². The predicted molar refractivity (Wildman–Crippen MR) is 49.6 cm³/mol. The largest absolute Gasteiger partial charge is 0.469 e. The minimum atomic E-state index is -4.28. The van der Waals surface area contributed by atoms with E-state index in [2.05, 4.69) is 4.74 Å². The molecule has 1 aliphatic rings. The fourth-order valence-corrected chi connectivity index (χ4v) is 1.54. The number of carbonyl (C=O) groups is 1. The van der Waals surface area contributed by atoms with Crippen molar-refractivity contribution in [2.24, 2.45) is 5.92 Å². The van der Waals surface area contributed by atoms with Crippen molar-refractivity contribution < 1.29 is 22.7 Å². The predicted octanol–water partition coefficient (Wildman–Crippen LogP) is 1.81. The van der Waals surface area contributed by atoms with E-state index in [1.807, 2.05) is 0 Å². The van der Waals surface area contributed by atoms with E-state index < -0.39 is 12.3 Å². The van der Waals surface area contributed by atoms with Crippen molar-refractivity contribution in [2.75, 3.05) is 20.2 Å². The molecule has 90 valence electrons. The van der Waals surface area contributed by atoms with Crippen molar-refractivity contribution in [3.8, 4) is 0 Å². The summed E-state index contributed by atoms with van der Waals surface area (Å²) >= 11 is 0. The van der Waals surface area contributed by atoms with Crippen LogP contribution in [0.5, 0.6) is 0 Å². The lowest BCUT2D eigenvalue weighted by atomic mass is 9.97. The minimum Gasteiger partial charge on any atom is -0.469 e. The highest BCUT2D eigenvalue weighted by atomic mass is 35.5. The van der Waals surface area contributed by atoms with Gasteiger partial charge in [0.1, 0.15) is 0 Å². The van der Waals surface area contributed by atoms with Gasteiger partial charge in [-0.1, -0.05) is 0 Å². The first-order chi connectivity index (χ1) is 6.45. The van der Waals surface area contributed by atoms with Crippen LogP contribution >= 0.6 is 12.4 Å². The molecule has 0 atom stereocenters. The summed E-state index contributed by atoms with van der Waals surface area (Å²) < 4.78 is 41.0. The van der Waals surface area contributed by atoms with Crippen LogP contribution in [0.15, 0.2) is 0 Å². The number of piperidine rings is 1. The summed E-state index contributed by atoms with van der Waals surface area (Å²) in [6, 6.07) is 0. The number of esters is 1. The first kappa shape index (κ1) is 14.5. The molecule has 0 amide bonds. The number of hydrogen-bond donors (Lipinski definition) is 0. The van der Waals surface area contributed by atoms with Gasteiger partial charge in [-0.25, -0.2) is 4.90 Å². The summed E-state index contributed by atoms with van der Waals surface area (Å²) in [5.74, 6) is -0.787. The second-order valence-corrected chi connectivity index (χ2v) is 3.25. The average Bonchev–Trinajstić information content (AvgIpc) is 2.15. The van der Waals surface area contributed by atoms with Crippen molar-refractivity contribution in [2.45, 2.75) is 19.1 Å². The van der Waals surface area contributed by atoms with Crippen molar-refractivity contribution in [3.63, 3.8) is 0 Å². The Bertz CT molecular complexity index is 214. The molecular formula is C8H13ClF3NO2. The third-order valence-corrected chi connectivity index (χ3v) is 2.39. The molecule has 15 heavy (non-hydrogen) atoms. The van der Waals surface area contributed by atoms with Crippen LogP contribution in [-0.2, 0) is 9.53 Å². The van der Waals surface area contributed by atoms with Gasteiger partial charge in [-0.3, -0.25) is 4.79 Å². The summed E-state index contributed by atoms with van der Waals surface area (Å²) in [7, 11) is 1.25. The Morgan fingerprint density at radius 3 is 2.13 bits per heavy atom. The smallest absolute Gasteiger partial charge is 0.459 e. The normalized spacial score (nSPS) is 19.5. The van der Waals surface area contributed by atoms with E-state index in [9.17, 15) is 18.0 Å². The summed E-state index contributed by atoms with van der Waals surface area (Å²) in [5, 5.41) is 0. The number of ether oxygens (including phenoxy) is 1. The van der Waals surface area contributed by atoms with Crippen LogP contribution in [0.1, 0.15) is 12.8 Å². The van der Waals surface area contributed by atoms with Gasteiger partial charge < -0.3 is 4.74 Å². The molecule has 3 nitrogen and oxygen atoms in total. The minimum absolute atomic E-state index is 0. The highest BCUT2D eigenvalue weighted by molar-refractivity contribution is 5.85. The summed E-state index contributed by atoms with van der Waals surface area (Å²) in [4.78, 5) is 11.4. The zero-order chi connectivity index (χ0) is 10.8. The number of rotatable bonds is 1. The van der Waals surface area contributed by atoms with Gasteiger partial charge in [-0.2, -0.15) is 13.2 Å². The first-order valence-electron chi connectivity index (χ1n) is 4.34. The van der Waals surface area contributed by atoms with Crippen LogP contribution in [0.25, 0.3) is 0 Å². The van der Waals surface area contributed by atoms with E-state index in [0.29, 0.717) is 4.90 Å². The van der Waals surface area contributed by atoms with Crippen LogP contribution in [0.4, 0.5) is 13.2 Å². The molecule has 1 rings (SSSR count). The van der Waals surface area contributed by atoms with Gasteiger partial charge in [0, 0.05) is 13.1 Å². The second kappa shape index (κ2) is 5.55. The number of carbonyl (C=O) groups excluding carboxylic acids is 1. The van der Waals surface area contributed by atoms with E-state index in [1.54, 1.807) is 0 Å². The molecular weight excluding hydrogens is 235 g/mol. The molecule has 0 bridgehead atoms. The van der Waals surface area contributed by atoms with Gasteiger partial charge in [-0.05, 0) is 12.8 Å². The maximum Gasteiger partial charge on any atom is 0.459 e. The first-order valence-corrected chi connectivity index (χ1v) is 4.34. The number of likely N-dealkylation sites (tertiary alicyclic amines) is 1. The topological polar surface area (TPSA) is 29.5 Å². The lowest BCUT2D eigenvalue weighted by Gasteiger charge is -2.31. The summed E-state index contributed by atoms with van der Waals surface area (Å²) in [6.07, 6.45) is -3.85. The quantitative estimate of drug-likeness (QED) is 0.523. The number of alkyl halides is 3. The Morgan fingerprint density at radius 2 is 1.80 bits per heavy atom. The van der Waals surface area contributed by atoms with E-state index in [4.69, 9.17) is 0 Å². The Hall–Kier alpha value is -0.490. The molecule has 0 aromatic carbocycles. The Morgan fingerprint density at radius 1 is 1.33 bits per heavy atom. The van der Waals surface area contributed by atoms with Gasteiger partial charge in [0.25, 0.3) is 0 Å². The molecule has 0 spiro atoms. The molecule has 1 heterocycles.